The van der Waals surface area contributed by atoms with Gasteiger partial charge in [-0.3, -0.25) is 5.10 Å². The Morgan fingerprint density at radius 3 is 2.55 bits per heavy atom. The predicted molar refractivity (Wildman–Crippen MR) is 115 cm³/mol. The van der Waals surface area contributed by atoms with Crippen LogP contribution in [-0.2, 0) is 0 Å². The number of rotatable bonds is 3. The second kappa shape index (κ2) is 8.10. The molecule has 2 aliphatic rings. The summed E-state index contributed by atoms with van der Waals surface area (Å²) in [5.41, 5.74) is 3.38. The van der Waals surface area contributed by atoms with Crippen LogP contribution < -0.4 is 0 Å². The number of hydrogen-bond donors (Lipinski definition) is 1. The highest BCUT2D eigenvalue weighted by Gasteiger charge is 2.40. The number of hydrogen-bond acceptors (Lipinski definition) is 5. The highest BCUT2D eigenvalue weighted by Crippen LogP contribution is 2.46. The number of aromatic amines is 1. The van der Waals surface area contributed by atoms with E-state index in [1.807, 2.05) is 12.1 Å². The third-order valence-corrected chi connectivity index (χ3v) is 7.23. The maximum atomic E-state index is 10.2. The zero-order valence-electron chi connectivity index (χ0n) is 16.6. The van der Waals surface area contributed by atoms with Crippen LogP contribution in [0.5, 0.6) is 0 Å². The van der Waals surface area contributed by atoms with E-state index in [4.69, 9.17) is 4.99 Å². The first-order chi connectivity index (χ1) is 14.0. The fraction of sp³-hybridized carbons (Fsp3) is 0.455. The van der Waals surface area contributed by atoms with Gasteiger partial charge in [-0.05, 0) is 73.3 Å². The highest BCUT2D eigenvalue weighted by molar-refractivity contribution is 9.10. The van der Waals surface area contributed by atoms with Crippen molar-refractivity contribution in [2.75, 3.05) is 14.1 Å². The van der Waals surface area contributed by atoms with Crippen LogP contribution >= 0.6 is 15.9 Å². The Morgan fingerprint density at radius 1 is 1.14 bits per heavy atom. The van der Waals surface area contributed by atoms with Crippen molar-refractivity contribution in [1.82, 2.24) is 15.1 Å². The maximum Gasteiger partial charge on any atom is 0.151 e. The van der Waals surface area contributed by atoms with Crippen molar-refractivity contribution in [3.63, 3.8) is 0 Å². The van der Waals surface area contributed by atoms with Crippen LogP contribution in [0, 0.1) is 34.5 Å². The molecule has 0 bridgehead atoms. The molecule has 0 amide bonds. The van der Waals surface area contributed by atoms with E-state index in [2.05, 4.69) is 57.3 Å². The zero-order chi connectivity index (χ0) is 20.5. The second-order valence-electron chi connectivity index (χ2n) is 8.08. The summed E-state index contributed by atoms with van der Waals surface area (Å²) in [6.45, 7) is 0. The molecule has 1 saturated carbocycles. The fourth-order valence-corrected chi connectivity index (χ4v) is 5.35. The molecule has 4 rings (SSSR count). The standard InChI is InChI=1S/C22H23BrN6/c1-29(2)15-8-6-13(7-9-15)21-17(11-25)19(18-12-26-28-22(18)27-21)16-5-3-4-14(10-24)20(16)23/h3-5,12-13,15,17,19H,6-9H2,1-2H3,(H,26,28). The van der Waals surface area contributed by atoms with Crippen LogP contribution in [0.2, 0.25) is 0 Å². The number of fused-ring (bicyclic) bond motifs is 1. The molecular formula is C22H23BrN6. The summed E-state index contributed by atoms with van der Waals surface area (Å²) in [7, 11) is 4.27. The molecular weight excluding hydrogens is 428 g/mol. The minimum atomic E-state index is -0.369. The van der Waals surface area contributed by atoms with Gasteiger partial charge < -0.3 is 4.90 Å². The number of nitrogens with zero attached hydrogens (tertiary/aromatic N) is 5. The topological polar surface area (TPSA) is 91.9 Å². The van der Waals surface area contributed by atoms with Gasteiger partial charge in [-0.1, -0.05) is 12.1 Å². The molecule has 1 fully saturated rings. The van der Waals surface area contributed by atoms with Crippen LogP contribution in [0.4, 0.5) is 5.82 Å². The van der Waals surface area contributed by atoms with E-state index in [1.165, 1.54) is 0 Å². The minimum absolute atomic E-state index is 0.199. The SMILES string of the molecule is CN(C)C1CCC(C2=Nc3[nH]ncc3C(c3cccc(C#N)c3Br)C2C#N)CC1. The third-order valence-electron chi connectivity index (χ3n) is 6.34. The Bertz CT molecular complexity index is 1020. The summed E-state index contributed by atoms with van der Waals surface area (Å²) in [6.07, 6.45) is 6.07. The lowest BCUT2D eigenvalue weighted by molar-refractivity contribution is 0.213. The van der Waals surface area contributed by atoms with Crippen LogP contribution in [0.15, 0.2) is 33.9 Å². The molecule has 0 radical (unpaired) electrons. The number of H-pyrrole nitrogens is 1. The van der Waals surface area contributed by atoms with Crippen molar-refractivity contribution in [2.45, 2.75) is 37.6 Å². The lowest BCUT2D eigenvalue weighted by Crippen LogP contribution is -2.37. The van der Waals surface area contributed by atoms with E-state index in [1.54, 1.807) is 12.3 Å². The van der Waals surface area contributed by atoms with E-state index < -0.39 is 0 Å². The molecule has 1 aromatic carbocycles. The molecule has 148 valence electrons. The summed E-state index contributed by atoms with van der Waals surface area (Å²) in [4.78, 5) is 7.17. The summed E-state index contributed by atoms with van der Waals surface area (Å²) in [5.74, 6) is 0.468. The van der Waals surface area contributed by atoms with Gasteiger partial charge in [-0.2, -0.15) is 15.6 Å². The van der Waals surface area contributed by atoms with Gasteiger partial charge in [-0.25, -0.2) is 4.99 Å². The number of halogens is 1. The monoisotopic (exact) mass is 450 g/mol. The average molecular weight is 451 g/mol. The largest absolute Gasteiger partial charge is 0.306 e. The second-order valence-corrected chi connectivity index (χ2v) is 8.88. The van der Waals surface area contributed by atoms with Gasteiger partial charge in [0.25, 0.3) is 0 Å². The zero-order valence-corrected chi connectivity index (χ0v) is 18.1. The fourth-order valence-electron chi connectivity index (χ4n) is 4.75. The van der Waals surface area contributed by atoms with Gasteiger partial charge in [-0.15, -0.1) is 0 Å². The summed E-state index contributed by atoms with van der Waals surface area (Å²) in [6, 6.07) is 11.0. The first-order valence-electron chi connectivity index (χ1n) is 9.91. The summed E-state index contributed by atoms with van der Waals surface area (Å²) in [5, 5.41) is 26.9. The van der Waals surface area contributed by atoms with Gasteiger partial charge in [0.15, 0.2) is 5.82 Å². The molecule has 1 aliphatic heterocycles. The molecule has 1 aromatic heterocycles. The molecule has 6 nitrogen and oxygen atoms in total. The van der Waals surface area contributed by atoms with Crippen LogP contribution in [0.1, 0.15) is 48.3 Å². The Balaban J connectivity index is 1.75. The molecule has 2 aromatic rings. The number of aromatic nitrogens is 2. The Labute approximate surface area is 179 Å². The van der Waals surface area contributed by atoms with E-state index in [0.717, 1.165) is 52.8 Å². The molecule has 29 heavy (non-hydrogen) atoms. The van der Waals surface area contributed by atoms with Gasteiger partial charge in [0.2, 0.25) is 0 Å². The smallest absolute Gasteiger partial charge is 0.151 e. The van der Waals surface area contributed by atoms with Gasteiger partial charge >= 0.3 is 0 Å². The lowest BCUT2D eigenvalue weighted by Gasteiger charge is -2.37. The predicted octanol–water partition coefficient (Wildman–Crippen LogP) is 4.52. The highest BCUT2D eigenvalue weighted by atomic mass is 79.9. The molecule has 2 unspecified atom stereocenters. The van der Waals surface area contributed by atoms with Crippen LogP contribution in [0.3, 0.4) is 0 Å². The number of nitrogens with one attached hydrogen (secondary N) is 1. The third kappa shape index (κ3) is 3.50. The Morgan fingerprint density at radius 2 is 1.90 bits per heavy atom. The van der Waals surface area contributed by atoms with Crippen molar-refractivity contribution in [3.8, 4) is 12.1 Å². The number of aliphatic imine (C=N–C) groups is 1. The lowest BCUT2D eigenvalue weighted by atomic mass is 9.71. The van der Waals surface area contributed by atoms with E-state index >= 15 is 0 Å². The molecule has 1 aliphatic carbocycles. The summed E-state index contributed by atoms with van der Waals surface area (Å²) < 4.78 is 0.748. The van der Waals surface area contributed by atoms with Gasteiger partial charge in [0.1, 0.15) is 6.07 Å². The summed E-state index contributed by atoms with van der Waals surface area (Å²) >= 11 is 3.61. The van der Waals surface area contributed by atoms with Crippen molar-refractivity contribution >= 4 is 27.5 Å². The Hall–Kier alpha value is -2.48. The first kappa shape index (κ1) is 19.8. The normalized spacial score (nSPS) is 26.3. The van der Waals surface area contributed by atoms with Crippen molar-refractivity contribution in [3.05, 3.63) is 45.6 Å². The van der Waals surface area contributed by atoms with Crippen LogP contribution in [-0.4, -0.2) is 40.9 Å². The minimum Gasteiger partial charge on any atom is -0.306 e. The molecule has 2 heterocycles. The van der Waals surface area contributed by atoms with E-state index in [9.17, 15) is 10.5 Å². The molecule has 0 spiro atoms. The quantitative estimate of drug-likeness (QED) is 0.743. The van der Waals surface area contributed by atoms with Crippen molar-refractivity contribution < 1.29 is 0 Å². The number of nitriles is 2. The van der Waals surface area contributed by atoms with Gasteiger partial charge in [0, 0.05) is 27.7 Å². The van der Waals surface area contributed by atoms with Crippen molar-refractivity contribution in [2.24, 2.45) is 16.8 Å². The average Bonchev–Trinajstić information content (AvgIpc) is 3.21. The van der Waals surface area contributed by atoms with Crippen LogP contribution in [0.25, 0.3) is 0 Å². The van der Waals surface area contributed by atoms with E-state index in [-0.39, 0.29) is 11.8 Å². The molecule has 1 N–H and O–H groups in total. The molecule has 2 atom stereocenters. The van der Waals surface area contributed by atoms with Crippen molar-refractivity contribution in [1.29, 1.82) is 10.5 Å². The van der Waals surface area contributed by atoms with E-state index in [0.29, 0.717) is 17.5 Å². The molecule has 7 heteroatoms. The van der Waals surface area contributed by atoms with Gasteiger partial charge in [0.05, 0.1) is 23.7 Å². The maximum absolute atomic E-state index is 10.2. The molecule has 0 saturated heterocycles. The number of benzene rings is 1. The Kier molecular flexibility index (Phi) is 5.54. The first-order valence-corrected chi connectivity index (χ1v) is 10.7.